The Labute approximate surface area is 156 Å². The van der Waals surface area contributed by atoms with Crippen molar-refractivity contribution in [3.8, 4) is 5.75 Å². The van der Waals surface area contributed by atoms with E-state index in [0.29, 0.717) is 12.2 Å². The number of hydrogen-bond acceptors (Lipinski definition) is 3. The van der Waals surface area contributed by atoms with Gasteiger partial charge >= 0.3 is 0 Å². The summed E-state index contributed by atoms with van der Waals surface area (Å²) in [6, 6.07) is 15.9. The number of hydrogen-bond donors (Lipinski definition) is 1. The highest BCUT2D eigenvalue weighted by atomic mass is 16.5. The number of carbonyl (C=O) groups is 1. The monoisotopic (exact) mass is 355 g/mol. The van der Waals surface area contributed by atoms with Gasteiger partial charge in [0.15, 0.2) is 0 Å². The van der Waals surface area contributed by atoms with Gasteiger partial charge in [-0.3, -0.25) is 4.79 Å². The van der Waals surface area contributed by atoms with Gasteiger partial charge in [0.05, 0.1) is 19.8 Å². The Kier molecular flexibility index (Phi) is 7.67. The van der Waals surface area contributed by atoms with Crippen molar-refractivity contribution < 1.29 is 14.3 Å². The lowest BCUT2D eigenvalue weighted by Crippen LogP contribution is -2.33. The van der Waals surface area contributed by atoms with Crippen LogP contribution in [0.4, 0.5) is 0 Å². The van der Waals surface area contributed by atoms with Gasteiger partial charge in [-0.05, 0) is 57.4 Å². The van der Waals surface area contributed by atoms with Crippen molar-refractivity contribution in [2.75, 3.05) is 7.11 Å². The van der Waals surface area contributed by atoms with E-state index in [1.807, 2.05) is 51.1 Å². The Morgan fingerprint density at radius 3 is 2.46 bits per heavy atom. The molecule has 0 aliphatic rings. The molecular formula is C22H29NO3. The lowest BCUT2D eigenvalue weighted by molar-refractivity contribution is 0.0644. The minimum absolute atomic E-state index is 0.0704. The third kappa shape index (κ3) is 6.19. The molecule has 1 N–H and O–H groups in total. The molecule has 0 aliphatic heterocycles. The summed E-state index contributed by atoms with van der Waals surface area (Å²) < 4.78 is 11.0. The Bertz CT molecular complexity index is 698. The van der Waals surface area contributed by atoms with Crippen LogP contribution in [0.25, 0.3) is 0 Å². The zero-order valence-electron chi connectivity index (χ0n) is 16.1. The highest BCUT2D eigenvalue weighted by Gasteiger charge is 2.13. The fourth-order valence-corrected chi connectivity index (χ4v) is 2.70. The van der Waals surface area contributed by atoms with Crippen LogP contribution in [0.5, 0.6) is 5.75 Å². The predicted molar refractivity (Wildman–Crippen MR) is 105 cm³/mol. The first-order valence-electron chi connectivity index (χ1n) is 9.13. The van der Waals surface area contributed by atoms with Crippen molar-refractivity contribution in [2.24, 2.45) is 0 Å². The van der Waals surface area contributed by atoms with E-state index in [9.17, 15) is 4.79 Å². The molecule has 2 aromatic carbocycles. The van der Waals surface area contributed by atoms with Gasteiger partial charge in [0, 0.05) is 17.2 Å². The second-order valence-electron chi connectivity index (χ2n) is 6.79. The Morgan fingerprint density at radius 1 is 1.08 bits per heavy atom. The maximum Gasteiger partial charge on any atom is 0.251 e. The third-order valence-electron chi connectivity index (χ3n) is 4.20. The van der Waals surface area contributed by atoms with Crippen molar-refractivity contribution in [1.82, 2.24) is 5.32 Å². The molecule has 26 heavy (non-hydrogen) atoms. The summed E-state index contributed by atoms with van der Waals surface area (Å²) in [5.41, 5.74) is 2.79. The van der Waals surface area contributed by atoms with Crippen molar-refractivity contribution in [2.45, 2.75) is 52.4 Å². The summed E-state index contributed by atoms with van der Waals surface area (Å²) in [6.45, 7) is 6.42. The molecular weight excluding hydrogens is 326 g/mol. The van der Waals surface area contributed by atoms with Crippen LogP contribution in [0.3, 0.4) is 0 Å². The molecule has 0 unspecified atom stereocenters. The maximum atomic E-state index is 12.6. The molecule has 0 fully saturated rings. The minimum atomic E-state index is -0.0704. The van der Waals surface area contributed by atoms with E-state index in [1.165, 1.54) is 5.56 Å². The van der Waals surface area contributed by atoms with Crippen LogP contribution < -0.4 is 10.1 Å². The number of ether oxygens (including phenoxy) is 2. The number of aryl methyl sites for hydroxylation is 1. The summed E-state index contributed by atoms with van der Waals surface area (Å²) in [7, 11) is 1.62. The first-order valence-corrected chi connectivity index (χ1v) is 9.13. The third-order valence-corrected chi connectivity index (χ3v) is 4.20. The molecule has 1 atom stereocenters. The van der Waals surface area contributed by atoms with Gasteiger partial charge in [0.2, 0.25) is 0 Å². The molecule has 1 amide bonds. The second kappa shape index (κ2) is 9.97. The average molecular weight is 355 g/mol. The largest absolute Gasteiger partial charge is 0.496 e. The average Bonchev–Trinajstić information content (AvgIpc) is 2.65. The molecule has 4 nitrogen and oxygen atoms in total. The molecule has 140 valence electrons. The number of carbonyl (C=O) groups excluding carboxylic acids is 1. The van der Waals surface area contributed by atoms with Gasteiger partial charge in [-0.1, -0.05) is 30.3 Å². The van der Waals surface area contributed by atoms with E-state index in [0.717, 1.165) is 24.2 Å². The van der Waals surface area contributed by atoms with E-state index in [-0.39, 0.29) is 18.1 Å². The van der Waals surface area contributed by atoms with Crippen molar-refractivity contribution in [1.29, 1.82) is 0 Å². The van der Waals surface area contributed by atoms with Crippen molar-refractivity contribution >= 4 is 5.91 Å². The van der Waals surface area contributed by atoms with E-state index in [4.69, 9.17) is 9.47 Å². The molecule has 0 aliphatic carbocycles. The number of nitrogens with one attached hydrogen (secondary N) is 1. The minimum Gasteiger partial charge on any atom is -0.496 e. The molecule has 0 saturated carbocycles. The molecule has 0 aromatic heterocycles. The highest BCUT2D eigenvalue weighted by Crippen LogP contribution is 2.21. The topological polar surface area (TPSA) is 47.6 Å². The molecule has 0 bridgehead atoms. The van der Waals surface area contributed by atoms with Gasteiger partial charge in [-0.15, -0.1) is 0 Å². The van der Waals surface area contributed by atoms with Gasteiger partial charge in [-0.25, -0.2) is 0 Å². The molecule has 2 aromatic rings. The normalized spacial score (nSPS) is 12.0. The summed E-state index contributed by atoms with van der Waals surface area (Å²) in [5, 5.41) is 3.08. The highest BCUT2D eigenvalue weighted by molar-refractivity contribution is 5.94. The summed E-state index contributed by atoms with van der Waals surface area (Å²) in [4.78, 5) is 12.6. The van der Waals surface area contributed by atoms with E-state index < -0.39 is 0 Å². The first kappa shape index (κ1) is 20.0. The Balaban J connectivity index is 1.96. The van der Waals surface area contributed by atoms with Crippen LogP contribution in [-0.4, -0.2) is 25.2 Å². The zero-order valence-corrected chi connectivity index (χ0v) is 16.1. The lowest BCUT2D eigenvalue weighted by Gasteiger charge is -2.16. The Morgan fingerprint density at radius 2 is 1.81 bits per heavy atom. The van der Waals surface area contributed by atoms with E-state index in [2.05, 4.69) is 17.4 Å². The maximum absolute atomic E-state index is 12.6. The van der Waals surface area contributed by atoms with Gasteiger partial charge in [0.1, 0.15) is 5.75 Å². The van der Waals surface area contributed by atoms with Gasteiger partial charge < -0.3 is 14.8 Å². The SMILES string of the molecule is COc1ccc(C(=O)N[C@H](C)CCc2ccccc2)cc1COC(C)C. The van der Waals surface area contributed by atoms with Crippen LogP contribution in [0.15, 0.2) is 48.5 Å². The first-order chi connectivity index (χ1) is 12.5. The molecule has 0 saturated heterocycles. The predicted octanol–water partition coefficient (Wildman–Crippen LogP) is 4.37. The summed E-state index contributed by atoms with van der Waals surface area (Å²) >= 11 is 0. The fraction of sp³-hybridized carbons (Fsp3) is 0.409. The van der Waals surface area contributed by atoms with Crippen LogP contribution in [0.1, 0.15) is 48.7 Å². The number of benzene rings is 2. The molecule has 0 spiro atoms. The number of amides is 1. The summed E-state index contributed by atoms with van der Waals surface area (Å²) in [5.74, 6) is 0.665. The van der Waals surface area contributed by atoms with Crippen molar-refractivity contribution in [3.05, 3.63) is 65.2 Å². The number of rotatable bonds is 9. The standard InChI is InChI=1S/C22H29NO3/c1-16(2)26-15-20-14-19(12-13-21(20)25-4)22(24)23-17(3)10-11-18-8-6-5-7-9-18/h5-9,12-14,16-17H,10-11,15H2,1-4H3,(H,23,24)/t17-/m1/s1. The zero-order chi connectivity index (χ0) is 18.9. The quantitative estimate of drug-likeness (QED) is 0.726. The van der Waals surface area contributed by atoms with Gasteiger partial charge in [0.25, 0.3) is 5.91 Å². The van der Waals surface area contributed by atoms with E-state index in [1.54, 1.807) is 13.2 Å². The fourth-order valence-electron chi connectivity index (χ4n) is 2.70. The summed E-state index contributed by atoms with van der Waals surface area (Å²) in [6.07, 6.45) is 1.96. The van der Waals surface area contributed by atoms with Crippen LogP contribution in [0, 0.1) is 0 Å². The second-order valence-corrected chi connectivity index (χ2v) is 6.79. The van der Waals surface area contributed by atoms with Crippen LogP contribution in [0.2, 0.25) is 0 Å². The van der Waals surface area contributed by atoms with Gasteiger partial charge in [-0.2, -0.15) is 0 Å². The molecule has 4 heteroatoms. The molecule has 0 heterocycles. The van der Waals surface area contributed by atoms with Crippen molar-refractivity contribution in [3.63, 3.8) is 0 Å². The van der Waals surface area contributed by atoms with E-state index >= 15 is 0 Å². The molecule has 0 radical (unpaired) electrons. The lowest BCUT2D eigenvalue weighted by atomic mass is 10.1. The molecule has 2 rings (SSSR count). The number of methoxy groups -OCH3 is 1. The van der Waals surface area contributed by atoms with Crippen LogP contribution >= 0.6 is 0 Å². The Hall–Kier alpha value is -2.33. The smallest absolute Gasteiger partial charge is 0.251 e. The van der Waals surface area contributed by atoms with Crippen LogP contribution in [-0.2, 0) is 17.8 Å².